The monoisotopic (exact) mass is 203 g/mol. The normalized spacial score (nSPS) is 38.1. The average Bonchev–Trinajstić information content (AvgIpc) is 2.41. The highest BCUT2D eigenvalue weighted by Crippen LogP contribution is 2.26. The smallest absolute Gasteiger partial charge is 0.0955 e. The Balaban J connectivity index is 2.40. The highest BCUT2D eigenvalue weighted by molar-refractivity contribution is 4.95. The van der Waals surface area contributed by atoms with Gasteiger partial charge in [0, 0.05) is 18.6 Å². The molecule has 4 heteroatoms. The van der Waals surface area contributed by atoms with Crippen LogP contribution in [0.4, 0.5) is 0 Å². The zero-order valence-electron chi connectivity index (χ0n) is 8.85. The van der Waals surface area contributed by atoms with Crippen molar-refractivity contribution in [2.45, 2.75) is 38.5 Å². The maximum Gasteiger partial charge on any atom is 0.0955 e. The molecule has 4 unspecified atom stereocenters. The first-order chi connectivity index (χ1) is 6.56. The van der Waals surface area contributed by atoms with Crippen LogP contribution in [0, 0.1) is 11.8 Å². The van der Waals surface area contributed by atoms with Crippen molar-refractivity contribution in [1.82, 2.24) is 5.32 Å². The molecule has 0 aliphatic heterocycles. The molecule has 0 bridgehead atoms. The van der Waals surface area contributed by atoms with E-state index in [1.54, 1.807) is 0 Å². The molecule has 0 aromatic heterocycles. The van der Waals surface area contributed by atoms with Crippen molar-refractivity contribution in [3.05, 3.63) is 0 Å². The summed E-state index contributed by atoms with van der Waals surface area (Å²) in [6.45, 7) is 4.95. The minimum absolute atomic E-state index is 0.0575. The van der Waals surface area contributed by atoms with E-state index in [9.17, 15) is 10.2 Å². The van der Waals surface area contributed by atoms with Gasteiger partial charge in [0.05, 0.1) is 12.2 Å². The Labute approximate surface area is 85.0 Å². The Bertz CT molecular complexity index is 175. The van der Waals surface area contributed by atoms with Crippen molar-refractivity contribution in [3.63, 3.8) is 0 Å². The van der Waals surface area contributed by atoms with E-state index in [0.717, 1.165) is 6.54 Å². The van der Waals surface area contributed by atoms with Crippen LogP contribution in [0.25, 0.3) is 0 Å². The fourth-order valence-corrected chi connectivity index (χ4v) is 1.90. The topological polar surface area (TPSA) is 72.7 Å². The third kappa shape index (κ3) is 2.67. The van der Waals surface area contributed by atoms with E-state index in [0.29, 0.717) is 12.3 Å². The van der Waals surface area contributed by atoms with E-state index in [1.165, 1.54) is 0 Å². The van der Waals surface area contributed by atoms with Gasteiger partial charge in [-0.05, 0) is 18.9 Å². The van der Waals surface area contributed by atoms with E-state index in [1.807, 2.05) is 0 Å². The van der Waals surface area contributed by atoms with Gasteiger partial charge in [-0.1, -0.05) is 13.8 Å². The zero-order chi connectivity index (χ0) is 10.7. The molecule has 4 atom stereocenters. The predicted molar refractivity (Wildman–Crippen MR) is 53.8 cm³/mol. The highest BCUT2D eigenvalue weighted by atomic mass is 16.3. The number of aliphatic hydroxyl groups is 3. The molecular weight excluding hydrogens is 182 g/mol. The van der Waals surface area contributed by atoms with Gasteiger partial charge in [0.15, 0.2) is 0 Å². The second-order valence-corrected chi connectivity index (χ2v) is 4.57. The van der Waals surface area contributed by atoms with Crippen molar-refractivity contribution >= 4 is 0 Å². The van der Waals surface area contributed by atoms with E-state index in [4.69, 9.17) is 5.11 Å². The Kier molecular flexibility index (Phi) is 4.31. The summed E-state index contributed by atoms with van der Waals surface area (Å²) < 4.78 is 0. The van der Waals surface area contributed by atoms with E-state index in [2.05, 4.69) is 19.2 Å². The fourth-order valence-electron chi connectivity index (χ4n) is 1.90. The Hall–Kier alpha value is -0.160. The van der Waals surface area contributed by atoms with Crippen molar-refractivity contribution in [3.8, 4) is 0 Å². The first-order valence-corrected chi connectivity index (χ1v) is 5.26. The molecule has 0 aromatic rings. The summed E-state index contributed by atoms with van der Waals surface area (Å²) in [6.07, 6.45) is -0.887. The van der Waals surface area contributed by atoms with Crippen LogP contribution in [0.15, 0.2) is 0 Å². The summed E-state index contributed by atoms with van der Waals surface area (Å²) in [7, 11) is 0. The molecule has 4 N–H and O–H groups in total. The average molecular weight is 203 g/mol. The summed E-state index contributed by atoms with van der Waals surface area (Å²) >= 11 is 0. The highest BCUT2D eigenvalue weighted by Gasteiger charge is 2.40. The fraction of sp³-hybridized carbons (Fsp3) is 1.00. The maximum absolute atomic E-state index is 9.65. The quantitative estimate of drug-likeness (QED) is 0.489. The first kappa shape index (κ1) is 11.9. The summed E-state index contributed by atoms with van der Waals surface area (Å²) in [6, 6.07) is -0.0791. The SMILES string of the molecule is CC(C)CNC1CC(CO)C(O)C1O. The molecule has 0 heterocycles. The maximum atomic E-state index is 9.65. The van der Waals surface area contributed by atoms with Gasteiger partial charge in [0.1, 0.15) is 0 Å². The van der Waals surface area contributed by atoms with Crippen LogP contribution in [-0.2, 0) is 0 Å². The minimum Gasteiger partial charge on any atom is -0.396 e. The van der Waals surface area contributed by atoms with Gasteiger partial charge >= 0.3 is 0 Å². The van der Waals surface area contributed by atoms with Gasteiger partial charge in [-0.15, -0.1) is 0 Å². The van der Waals surface area contributed by atoms with Gasteiger partial charge in [0.2, 0.25) is 0 Å². The largest absolute Gasteiger partial charge is 0.396 e. The lowest BCUT2D eigenvalue weighted by atomic mass is 10.1. The lowest BCUT2D eigenvalue weighted by Crippen LogP contribution is -2.41. The Morgan fingerprint density at radius 1 is 1.29 bits per heavy atom. The zero-order valence-corrected chi connectivity index (χ0v) is 8.85. The van der Waals surface area contributed by atoms with Gasteiger partial charge in [-0.2, -0.15) is 0 Å². The molecular formula is C10H21NO3. The number of hydrogen-bond donors (Lipinski definition) is 4. The van der Waals surface area contributed by atoms with Gasteiger partial charge < -0.3 is 20.6 Å². The van der Waals surface area contributed by atoms with Crippen LogP contribution in [-0.4, -0.2) is 46.7 Å². The Morgan fingerprint density at radius 3 is 2.36 bits per heavy atom. The third-order valence-electron chi connectivity index (χ3n) is 2.82. The van der Waals surface area contributed by atoms with Crippen molar-refractivity contribution < 1.29 is 15.3 Å². The molecule has 1 rings (SSSR count). The number of hydrogen-bond acceptors (Lipinski definition) is 4. The lowest BCUT2D eigenvalue weighted by Gasteiger charge is -2.19. The van der Waals surface area contributed by atoms with E-state index in [-0.39, 0.29) is 18.6 Å². The number of aliphatic hydroxyl groups excluding tert-OH is 3. The Morgan fingerprint density at radius 2 is 1.93 bits per heavy atom. The van der Waals surface area contributed by atoms with Crippen LogP contribution < -0.4 is 5.32 Å². The lowest BCUT2D eigenvalue weighted by molar-refractivity contribution is -0.000380. The molecule has 0 radical (unpaired) electrons. The molecule has 1 fully saturated rings. The minimum atomic E-state index is -0.787. The standard InChI is InChI=1S/C10H21NO3/c1-6(2)4-11-8-3-7(5-12)9(13)10(8)14/h6-14H,3-5H2,1-2H3. The van der Waals surface area contributed by atoms with Crippen LogP contribution in [0.5, 0.6) is 0 Å². The van der Waals surface area contributed by atoms with Crippen molar-refractivity contribution in [2.24, 2.45) is 11.8 Å². The summed E-state index contributed by atoms with van der Waals surface area (Å²) in [5.41, 5.74) is 0. The van der Waals surface area contributed by atoms with Crippen LogP contribution in [0.2, 0.25) is 0 Å². The molecule has 1 aliphatic rings. The van der Waals surface area contributed by atoms with E-state index >= 15 is 0 Å². The molecule has 0 aromatic carbocycles. The molecule has 1 saturated carbocycles. The molecule has 84 valence electrons. The molecule has 0 saturated heterocycles. The third-order valence-corrected chi connectivity index (χ3v) is 2.82. The number of nitrogens with one attached hydrogen (secondary N) is 1. The van der Waals surface area contributed by atoms with Crippen LogP contribution in [0.1, 0.15) is 20.3 Å². The molecule has 0 spiro atoms. The number of rotatable bonds is 4. The summed E-state index contributed by atoms with van der Waals surface area (Å²) in [5.74, 6) is 0.335. The molecule has 14 heavy (non-hydrogen) atoms. The van der Waals surface area contributed by atoms with Crippen molar-refractivity contribution in [1.29, 1.82) is 0 Å². The molecule has 4 nitrogen and oxygen atoms in total. The summed E-state index contributed by atoms with van der Waals surface area (Å²) in [5, 5.41) is 31.3. The predicted octanol–water partition coefficient (Wildman–Crippen LogP) is -0.665. The van der Waals surface area contributed by atoms with Crippen LogP contribution >= 0.6 is 0 Å². The first-order valence-electron chi connectivity index (χ1n) is 5.26. The van der Waals surface area contributed by atoms with Crippen molar-refractivity contribution in [2.75, 3.05) is 13.2 Å². The summed E-state index contributed by atoms with van der Waals surface area (Å²) in [4.78, 5) is 0. The van der Waals surface area contributed by atoms with Crippen LogP contribution in [0.3, 0.4) is 0 Å². The van der Waals surface area contributed by atoms with Gasteiger partial charge in [-0.25, -0.2) is 0 Å². The molecule has 0 amide bonds. The second kappa shape index (κ2) is 5.07. The second-order valence-electron chi connectivity index (χ2n) is 4.57. The molecule has 1 aliphatic carbocycles. The van der Waals surface area contributed by atoms with Gasteiger partial charge in [0.25, 0.3) is 0 Å². The van der Waals surface area contributed by atoms with Gasteiger partial charge in [-0.3, -0.25) is 0 Å². The van der Waals surface area contributed by atoms with E-state index < -0.39 is 12.2 Å².